The van der Waals surface area contributed by atoms with Gasteiger partial charge in [-0.3, -0.25) is 4.79 Å². The van der Waals surface area contributed by atoms with Crippen LogP contribution < -0.4 is 20.9 Å². The lowest BCUT2D eigenvalue weighted by Gasteiger charge is -2.37. The first kappa shape index (κ1) is 22.4. The number of nitrogens with zero attached hydrogens (tertiary/aromatic N) is 1. The number of hydrogen-bond donors (Lipinski definition) is 3. The molecule has 1 aromatic rings. The number of anilines is 2. The lowest BCUT2D eigenvalue weighted by Crippen LogP contribution is -2.46. The van der Waals surface area contributed by atoms with E-state index in [1.807, 2.05) is 38.1 Å². The summed E-state index contributed by atoms with van der Waals surface area (Å²) in [5.41, 5.74) is 1.62. The first-order chi connectivity index (χ1) is 14.2. The molecule has 166 valence electrons. The summed E-state index contributed by atoms with van der Waals surface area (Å²) in [7, 11) is -3.04. The zero-order valence-electron chi connectivity index (χ0n) is 17.4. The highest BCUT2D eigenvalue weighted by atomic mass is 32.2. The number of amides is 3. The predicted molar refractivity (Wildman–Crippen MR) is 116 cm³/mol. The molecule has 0 aliphatic carbocycles. The minimum atomic E-state index is -3.04. The van der Waals surface area contributed by atoms with Crippen LogP contribution in [0.5, 0.6) is 0 Å². The van der Waals surface area contributed by atoms with Gasteiger partial charge in [0, 0.05) is 32.1 Å². The van der Waals surface area contributed by atoms with Gasteiger partial charge in [-0.15, -0.1) is 0 Å². The minimum absolute atomic E-state index is 0.0117. The highest BCUT2D eigenvalue weighted by Crippen LogP contribution is 2.28. The normalized spacial score (nSPS) is 25.5. The van der Waals surface area contributed by atoms with Crippen molar-refractivity contribution in [3.8, 4) is 0 Å². The Morgan fingerprint density at radius 1 is 1.17 bits per heavy atom. The first-order valence-corrected chi connectivity index (χ1v) is 12.1. The van der Waals surface area contributed by atoms with E-state index in [1.165, 1.54) is 0 Å². The molecule has 3 amide bonds. The van der Waals surface area contributed by atoms with Crippen molar-refractivity contribution in [2.24, 2.45) is 0 Å². The van der Waals surface area contributed by atoms with Crippen molar-refractivity contribution < 1.29 is 22.7 Å². The van der Waals surface area contributed by atoms with Crippen LogP contribution in [0.3, 0.4) is 0 Å². The third-order valence-corrected chi connectivity index (χ3v) is 6.92. The molecule has 0 saturated carbocycles. The number of ether oxygens (including phenoxy) is 1. The molecule has 0 unspecified atom stereocenters. The van der Waals surface area contributed by atoms with Gasteiger partial charge in [0.15, 0.2) is 9.84 Å². The highest BCUT2D eigenvalue weighted by Gasteiger charge is 2.28. The summed E-state index contributed by atoms with van der Waals surface area (Å²) in [4.78, 5) is 26.5. The molecule has 3 rings (SSSR count). The molecular weight excluding hydrogens is 408 g/mol. The molecule has 2 saturated heterocycles. The van der Waals surface area contributed by atoms with Crippen LogP contribution in [0.4, 0.5) is 16.2 Å². The Bertz CT molecular complexity index is 866. The second-order valence-electron chi connectivity index (χ2n) is 7.98. The van der Waals surface area contributed by atoms with E-state index in [9.17, 15) is 18.0 Å². The number of urea groups is 1. The average molecular weight is 439 g/mol. The fourth-order valence-electron chi connectivity index (χ4n) is 3.89. The maximum Gasteiger partial charge on any atom is 0.319 e. The zero-order chi connectivity index (χ0) is 21.7. The van der Waals surface area contributed by atoms with E-state index in [0.29, 0.717) is 12.1 Å². The summed E-state index contributed by atoms with van der Waals surface area (Å²) in [5, 5.41) is 8.24. The van der Waals surface area contributed by atoms with Gasteiger partial charge in [-0.2, -0.15) is 0 Å². The molecule has 30 heavy (non-hydrogen) atoms. The molecule has 2 heterocycles. The van der Waals surface area contributed by atoms with E-state index in [0.717, 1.165) is 18.8 Å². The molecule has 10 heteroatoms. The smallest absolute Gasteiger partial charge is 0.319 e. The van der Waals surface area contributed by atoms with Gasteiger partial charge in [-0.25, -0.2) is 13.2 Å². The Labute approximate surface area is 177 Å². The van der Waals surface area contributed by atoms with Crippen molar-refractivity contribution in [2.45, 2.75) is 44.9 Å². The summed E-state index contributed by atoms with van der Waals surface area (Å²) in [6.45, 7) is 5.68. The fraction of sp³-hybridized carbons (Fsp3) is 0.600. The van der Waals surface area contributed by atoms with Crippen molar-refractivity contribution in [1.29, 1.82) is 0 Å². The van der Waals surface area contributed by atoms with Gasteiger partial charge in [0.05, 0.1) is 35.1 Å². The molecule has 1 aromatic carbocycles. The zero-order valence-corrected chi connectivity index (χ0v) is 18.2. The molecule has 9 nitrogen and oxygen atoms in total. The third-order valence-electron chi connectivity index (χ3n) is 5.15. The summed E-state index contributed by atoms with van der Waals surface area (Å²) < 4.78 is 28.7. The Morgan fingerprint density at radius 2 is 1.87 bits per heavy atom. The van der Waals surface area contributed by atoms with Crippen LogP contribution in [0.1, 0.15) is 26.7 Å². The van der Waals surface area contributed by atoms with Crippen LogP contribution in [-0.2, 0) is 19.4 Å². The quantitative estimate of drug-likeness (QED) is 0.613. The monoisotopic (exact) mass is 438 g/mol. The second kappa shape index (κ2) is 9.65. The Hall–Kier alpha value is -2.33. The van der Waals surface area contributed by atoms with E-state index in [4.69, 9.17) is 4.74 Å². The van der Waals surface area contributed by atoms with Crippen LogP contribution in [0.2, 0.25) is 0 Å². The van der Waals surface area contributed by atoms with Gasteiger partial charge in [-0.05, 0) is 32.4 Å². The summed E-state index contributed by atoms with van der Waals surface area (Å²) in [6.07, 6.45) is 0.731. The predicted octanol–water partition coefficient (Wildman–Crippen LogP) is 1.12. The highest BCUT2D eigenvalue weighted by molar-refractivity contribution is 7.91. The Morgan fingerprint density at radius 3 is 2.53 bits per heavy atom. The van der Waals surface area contributed by atoms with Crippen molar-refractivity contribution in [1.82, 2.24) is 10.6 Å². The molecule has 3 atom stereocenters. The topological polar surface area (TPSA) is 117 Å². The van der Waals surface area contributed by atoms with Crippen LogP contribution in [-0.4, -0.2) is 69.7 Å². The SMILES string of the molecule is C[C@@H]1CN(c2ccccc2NC(=O)NCCC(=O)N[C@@H]2CCS(=O)(=O)C2)C[C@@H](C)O1. The molecule has 3 N–H and O–H groups in total. The average Bonchev–Trinajstić information content (AvgIpc) is 2.99. The molecule has 0 radical (unpaired) electrons. The van der Waals surface area contributed by atoms with Crippen molar-refractivity contribution >= 4 is 33.2 Å². The lowest BCUT2D eigenvalue weighted by atomic mass is 10.1. The number of para-hydroxylation sites is 2. The maximum atomic E-state index is 12.3. The second-order valence-corrected chi connectivity index (χ2v) is 10.2. The number of sulfone groups is 1. The summed E-state index contributed by atoms with van der Waals surface area (Å²) in [5.74, 6) is -0.171. The number of nitrogens with one attached hydrogen (secondary N) is 3. The van der Waals surface area contributed by atoms with Gasteiger partial charge in [0.25, 0.3) is 0 Å². The van der Waals surface area contributed by atoms with E-state index < -0.39 is 15.9 Å². The largest absolute Gasteiger partial charge is 0.372 e. The van der Waals surface area contributed by atoms with Gasteiger partial charge >= 0.3 is 6.03 Å². The molecule has 2 fully saturated rings. The Kier molecular flexibility index (Phi) is 7.19. The summed E-state index contributed by atoms with van der Waals surface area (Å²) in [6, 6.07) is 6.86. The molecule has 0 aromatic heterocycles. The van der Waals surface area contributed by atoms with E-state index in [-0.39, 0.29) is 48.6 Å². The molecule has 0 bridgehead atoms. The van der Waals surface area contributed by atoms with Crippen LogP contribution in [0.25, 0.3) is 0 Å². The fourth-order valence-corrected chi connectivity index (χ4v) is 5.57. The molecule has 0 spiro atoms. The lowest BCUT2D eigenvalue weighted by molar-refractivity contribution is -0.121. The Balaban J connectivity index is 1.47. The number of carbonyl (C=O) groups excluding carboxylic acids is 2. The third kappa shape index (κ3) is 6.33. The molecule has 2 aliphatic rings. The van der Waals surface area contributed by atoms with Crippen molar-refractivity contribution in [3.05, 3.63) is 24.3 Å². The van der Waals surface area contributed by atoms with Crippen molar-refractivity contribution in [2.75, 3.05) is 41.4 Å². The van der Waals surface area contributed by atoms with Crippen molar-refractivity contribution in [3.63, 3.8) is 0 Å². The van der Waals surface area contributed by atoms with Crippen LogP contribution >= 0.6 is 0 Å². The standard InChI is InChI=1S/C20H30N4O5S/c1-14-11-24(12-15(2)29-14)18-6-4-3-5-17(18)23-20(26)21-9-7-19(25)22-16-8-10-30(27,28)13-16/h3-6,14-16H,7-13H2,1-2H3,(H,22,25)(H2,21,23,26)/t14-,15-,16-/m1/s1. The van der Waals surface area contributed by atoms with Gasteiger partial charge in [-0.1, -0.05) is 12.1 Å². The summed E-state index contributed by atoms with van der Waals surface area (Å²) >= 11 is 0. The van der Waals surface area contributed by atoms with E-state index >= 15 is 0 Å². The van der Waals surface area contributed by atoms with Gasteiger partial charge in [0.1, 0.15) is 0 Å². The molecular formula is C20H30N4O5S. The van der Waals surface area contributed by atoms with Crippen LogP contribution in [0, 0.1) is 0 Å². The van der Waals surface area contributed by atoms with E-state index in [2.05, 4.69) is 20.9 Å². The number of carbonyl (C=O) groups is 2. The number of morpholine rings is 1. The first-order valence-electron chi connectivity index (χ1n) is 10.3. The van der Waals surface area contributed by atoms with Gasteiger partial charge < -0.3 is 25.6 Å². The minimum Gasteiger partial charge on any atom is -0.372 e. The maximum absolute atomic E-state index is 12.3. The number of rotatable bonds is 6. The van der Waals surface area contributed by atoms with E-state index in [1.54, 1.807) is 0 Å². The van der Waals surface area contributed by atoms with Crippen LogP contribution in [0.15, 0.2) is 24.3 Å². The molecule has 2 aliphatic heterocycles. The number of hydrogen-bond acceptors (Lipinski definition) is 6. The van der Waals surface area contributed by atoms with Gasteiger partial charge in [0.2, 0.25) is 5.91 Å². The number of benzene rings is 1.